The first-order chi connectivity index (χ1) is 6.02. The first-order valence-corrected chi connectivity index (χ1v) is 4.18. The Balaban J connectivity index is 3.84. The van der Waals surface area contributed by atoms with Crippen LogP contribution in [0.3, 0.4) is 0 Å². The lowest BCUT2D eigenvalue weighted by Crippen LogP contribution is -1.95. The number of hydrogen-bond acceptors (Lipinski definition) is 3. The Morgan fingerprint density at radius 3 is 2.38 bits per heavy atom. The number of hydrogen-bond donors (Lipinski definition) is 0. The average molecular weight is 184 g/mol. The van der Waals surface area contributed by atoms with Gasteiger partial charge in [0.25, 0.3) is 0 Å². The molecule has 0 N–H and O–H groups in total. The Morgan fingerprint density at radius 1 is 1.31 bits per heavy atom. The molecule has 3 nitrogen and oxygen atoms in total. The monoisotopic (exact) mass is 184 g/mol. The Labute approximate surface area is 79.0 Å². The van der Waals surface area contributed by atoms with Crippen molar-refractivity contribution in [1.82, 2.24) is 0 Å². The molecule has 0 saturated carbocycles. The zero-order chi connectivity index (χ0) is 10.3. The van der Waals surface area contributed by atoms with Crippen molar-refractivity contribution in [1.29, 1.82) is 0 Å². The predicted molar refractivity (Wildman–Crippen MR) is 50.9 cm³/mol. The van der Waals surface area contributed by atoms with Gasteiger partial charge < -0.3 is 9.47 Å². The Bertz CT molecular complexity index is 214. The lowest BCUT2D eigenvalue weighted by atomic mass is 10.3. The number of carbonyl (C=O) groups excluding carboxylic acids is 1. The number of esters is 1. The molecular formula is C10H16O3. The standard InChI is InChI=1S/C10H16O3/c1-8(2)12-6-5-9(3)7-13-10(4)11/h5-8H,1-4H3/b6-5+,9-7-. The summed E-state index contributed by atoms with van der Waals surface area (Å²) in [6, 6.07) is 0. The highest BCUT2D eigenvalue weighted by Crippen LogP contribution is 1.97. The molecular weight excluding hydrogens is 168 g/mol. The van der Waals surface area contributed by atoms with Crippen molar-refractivity contribution in [2.45, 2.75) is 33.8 Å². The van der Waals surface area contributed by atoms with Gasteiger partial charge in [0.05, 0.1) is 18.6 Å². The minimum absolute atomic E-state index is 0.165. The molecule has 0 aromatic carbocycles. The van der Waals surface area contributed by atoms with Crippen molar-refractivity contribution in [2.24, 2.45) is 0 Å². The van der Waals surface area contributed by atoms with E-state index in [4.69, 9.17) is 4.74 Å². The van der Waals surface area contributed by atoms with E-state index in [1.54, 1.807) is 12.3 Å². The lowest BCUT2D eigenvalue weighted by molar-refractivity contribution is -0.135. The summed E-state index contributed by atoms with van der Waals surface area (Å²) in [5.41, 5.74) is 0.829. The van der Waals surface area contributed by atoms with Gasteiger partial charge in [0.15, 0.2) is 0 Å². The molecule has 0 bridgehead atoms. The second-order valence-corrected chi connectivity index (χ2v) is 2.96. The van der Waals surface area contributed by atoms with E-state index in [1.807, 2.05) is 20.8 Å². The van der Waals surface area contributed by atoms with Gasteiger partial charge in [-0.15, -0.1) is 0 Å². The lowest BCUT2D eigenvalue weighted by Gasteiger charge is -2.02. The van der Waals surface area contributed by atoms with Crippen molar-refractivity contribution >= 4 is 5.97 Å². The van der Waals surface area contributed by atoms with Crippen LogP contribution in [0.15, 0.2) is 24.2 Å². The molecule has 0 heterocycles. The fourth-order valence-electron chi connectivity index (χ4n) is 0.519. The van der Waals surface area contributed by atoms with Crippen LogP contribution in [-0.4, -0.2) is 12.1 Å². The molecule has 0 unspecified atom stereocenters. The third-order valence-electron chi connectivity index (χ3n) is 1.09. The molecule has 0 rings (SSSR count). The molecule has 3 heteroatoms. The SMILES string of the molecule is CC(=O)O/C=C(C)\C=C\OC(C)C. The fourth-order valence-corrected chi connectivity index (χ4v) is 0.519. The minimum Gasteiger partial charge on any atom is -0.499 e. The quantitative estimate of drug-likeness (QED) is 0.382. The molecule has 0 spiro atoms. The highest BCUT2D eigenvalue weighted by Gasteiger charge is 1.89. The molecule has 0 aliphatic rings. The molecule has 0 amide bonds. The van der Waals surface area contributed by atoms with Gasteiger partial charge in [-0.05, 0) is 32.4 Å². The molecule has 74 valence electrons. The normalized spacial score (nSPS) is 12.2. The van der Waals surface area contributed by atoms with Crippen molar-refractivity contribution < 1.29 is 14.3 Å². The van der Waals surface area contributed by atoms with Gasteiger partial charge in [-0.1, -0.05) is 0 Å². The van der Waals surface area contributed by atoms with E-state index in [0.717, 1.165) is 5.57 Å². The molecule has 0 saturated heterocycles. The van der Waals surface area contributed by atoms with Crippen LogP contribution in [0, 0.1) is 0 Å². The molecule has 0 aliphatic carbocycles. The predicted octanol–water partition coefficient (Wildman–Crippen LogP) is 2.39. The molecule has 0 atom stereocenters. The van der Waals surface area contributed by atoms with E-state index in [2.05, 4.69) is 4.74 Å². The van der Waals surface area contributed by atoms with E-state index < -0.39 is 0 Å². The maximum atomic E-state index is 10.4. The van der Waals surface area contributed by atoms with Crippen LogP contribution >= 0.6 is 0 Å². The zero-order valence-corrected chi connectivity index (χ0v) is 8.53. The Morgan fingerprint density at radius 2 is 1.92 bits per heavy atom. The van der Waals surface area contributed by atoms with Gasteiger partial charge >= 0.3 is 5.97 Å². The highest BCUT2D eigenvalue weighted by molar-refractivity contribution is 5.66. The summed E-state index contributed by atoms with van der Waals surface area (Å²) in [6.07, 6.45) is 4.88. The third-order valence-corrected chi connectivity index (χ3v) is 1.09. The van der Waals surface area contributed by atoms with Crippen LogP contribution in [0.4, 0.5) is 0 Å². The van der Waals surface area contributed by atoms with Crippen LogP contribution in [0.5, 0.6) is 0 Å². The van der Waals surface area contributed by atoms with E-state index in [1.165, 1.54) is 13.2 Å². The molecule has 0 aliphatic heterocycles. The number of rotatable bonds is 4. The first-order valence-electron chi connectivity index (χ1n) is 4.18. The van der Waals surface area contributed by atoms with Gasteiger partial charge in [0.1, 0.15) is 0 Å². The van der Waals surface area contributed by atoms with E-state index in [9.17, 15) is 4.79 Å². The Hall–Kier alpha value is -1.25. The molecule has 0 fully saturated rings. The summed E-state index contributed by atoms with van der Waals surface area (Å²) >= 11 is 0. The van der Waals surface area contributed by atoms with Gasteiger partial charge in [0, 0.05) is 6.92 Å². The van der Waals surface area contributed by atoms with Gasteiger partial charge in [-0.2, -0.15) is 0 Å². The summed E-state index contributed by atoms with van der Waals surface area (Å²) in [5, 5.41) is 0. The van der Waals surface area contributed by atoms with Crippen molar-refractivity contribution in [3.05, 3.63) is 24.2 Å². The van der Waals surface area contributed by atoms with Gasteiger partial charge in [-0.25, -0.2) is 0 Å². The van der Waals surface area contributed by atoms with E-state index in [-0.39, 0.29) is 12.1 Å². The number of carbonyl (C=O) groups is 1. The number of allylic oxidation sites excluding steroid dienone is 2. The van der Waals surface area contributed by atoms with E-state index >= 15 is 0 Å². The summed E-state index contributed by atoms with van der Waals surface area (Å²) in [7, 11) is 0. The number of ether oxygens (including phenoxy) is 2. The summed E-state index contributed by atoms with van der Waals surface area (Å²) in [4.78, 5) is 10.4. The molecule has 0 radical (unpaired) electrons. The van der Waals surface area contributed by atoms with Crippen molar-refractivity contribution in [2.75, 3.05) is 0 Å². The maximum Gasteiger partial charge on any atom is 0.307 e. The van der Waals surface area contributed by atoms with Crippen LogP contribution in [0.2, 0.25) is 0 Å². The fraction of sp³-hybridized carbons (Fsp3) is 0.500. The Kier molecular flexibility index (Phi) is 5.68. The smallest absolute Gasteiger partial charge is 0.307 e. The summed E-state index contributed by atoms with van der Waals surface area (Å²) in [6.45, 7) is 7.06. The van der Waals surface area contributed by atoms with E-state index in [0.29, 0.717) is 0 Å². The highest BCUT2D eigenvalue weighted by atomic mass is 16.5. The van der Waals surface area contributed by atoms with Crippen LogP contribution < -0.4 is 0 Å². The zero-order valence-electron chi connectivity index (χ0n) is 8.53. The van der Waals surface area contributed by atoms with Gasteiger partial charge in [-0.3, -0.25) is 4.79 Å². The largest absolute Gasteiger partial charge is 0.499 e. The average Bonchev–Trinajstić information content (AvgIpc) is 2.00. The topological polar surface area (TPSA) is 35.5 Å². The maximum absolute atomic E-state index is 10.4. The van der Waals surface area contributed by atoms with Crippen molar-refractivity contribution in [3.63, 3.8) is 0 Å². The van der Waals surface area contributed by atoms with Gasteiger partial charge in [0.2, 0.25) is 0 Å². The van der Waals surface area contributed by atoms with Crippen LogP contribution in [0.25, 0.3) is 0 Å². The minimum atomic E-state index is -0.322. The van der Waals surface area contributed by atoms with Crippen molar-refractivity contribution in [3.8, 4) is 0 Å². The molecule has 0 aromatic rings. The first kappa shape index (κ1) is 11.8. The second-order valence-electron chi connectivity index (χ2n) is 2.96. The van der Waals surface area contributed by atoms with Crippen LogP contribution in [0.1, 0.15) is 27.7 Å². The van der Waals surface area contributed by atoms with Crippen LogP contribution in [-0.2, 0) is 14.3 Å². The molecule has 13 heavy (non-hydrogen) atoms. The summed E-state index contributed by atoms with van der Waals surface area (Å²) in [5.74, 6) is -0.322. The molecule has 0 aromatic heterocycles. The summed E-state index contributed by atoms with van der Waals surface area (Å²) < 4.78 is 9.81. The second kappa shape index (κ2) is 6.29. The third kappa shape index (κ3) is 8.66.